The highest BCUT2D eigenvalue weighted by Crippen LogP contribution is 2.20. The molecule has 86 valence electrons. The second-order valence-electron chi connectivity index (χ2n) is 4.72. The van der Waals surface area contributed by atoms with E-state index in [4.69, 9.17) is 22.7 Å². The van der Waals surface area contributed by atoms with Crippen molar-refractivity contribution in [3.05, 3.63) is 0 Å². The SMILES string of the molecule is CC(C)(C)OC(=O)C1CCCN1C(N)=S. The van der Waals surface area contributed by atoms with Gasteiger partial charge in [-0.2, -0.15) is 0 Å². The van der Waals surface area contributed by atoms with Gasteiger partial charge in [-0.05, 0) is 45.8 Å². The van der Waals surface area contributed by atoms with E-state index in [1.54, 1.807) is 4.90 Å². The number of hydrogen-bond donors (Lipinski definition) is 1. The molecule has 15 heavy (non-hydrogen) atoms. The largest absolute Gasteiger partial charge is 0.458 e. The Labute approximate surface area is 95.8 Å². The van der Waals surface area contributed by atoms with Crippen LogP contribution in [0.15, 0.2) is 0 Å². The molecule has 1 heterocycles. The zero-order valence-electron chi connectivity index (χ0n) is 9.45. The molecule has 0 bridgehead atoms. The van der Waals surface area contributed by atoms with E-state index in [1.165, 1.54) is 0 Å². The number of hydrogen-bond acceptors (Lipinski definition) is 3. The quantitative estimate of drug-likeness (QED) is 0.539. The molecule has 0 aromatic heterocycles. The fourth-order valence-electron chi connectivity index (χ4n) is 1.65. The van der Waals surface area contributed by atoms with Gasteiger partial charge in [0.1, 0.15) is 11.6 Å². The predicted octanol–water partition coefficient (Wildman–Crippen LogP) is 1.04. The van der Waals surface area contributed by atoms with Crippen molar-refractivity contribution in [3.63, 3.8) is 0 Å². The van der Waals surface area contributed by atoms with Gasteiger partial charge in [0.2, 0.25) is 0 Å². The molecule has 1 rings (SSSR count). The van der Waals surface area contributed by atoms with Gasteiger partial charge in [-0.3, -0.25) is 0 Å². The smallest absolute Gasteiger partial charge is 0.329 e. The van der Waals surface area contributed by atoms with Crippen LogP contribution >= 0.6 is 12.2 Å². The van der Waals surface area contributed by atoms with Crippen molar-refractivity contribution >= 4 is 23.3 Å². The first-order chi connectivity index (χ1) is 6.81. The topological polar surface area (TPSA) is 55.6 Å². The standard InChI is InChI=1S/C10H18N2O2S/c1-10(2,3)14-8(13)7-5-4-6-12(7)9(11)15/h7H,4-6H2,1-3H3,(H2,11,15). The van der Waals surface area contributed by atoms with E-state index in [0.29, 0.717) is 0 Å². The number of nitrogens with two attached hydrogens (primary N) is 1. The summed E-state index contributed by atoms with van der Waals surface area (Å²) < 4.78 is 5.31. The number of thiocarbonyl (C=S) groups is 1. The van der Waals surface area contributed by atoms with Crippen molar-refractivity contribution in [1.82, 2.24) is 4.90 Å². The van der Waals surface area contributed by atoms with Crippen molar-refractivity contribution in [2.45, 2.75) is 45.3 Å². The number of rotatable bonds is 1. The van der Waals surface area contributed by atoms with Crippen LogP contribution in [0.2, 0.25) is 0 Å². The maximum atomic E-state index is 11.8. The molecular formula is C10H18N2O2S. The molecule has 4 nitrogen and oxygen atoms in total. The molecule has 0 spiro atoms. The first-order valence-electron chi connectivity index (χ1n) is 5.10. The van der Waals surface area contributed by atoms with Crippen LogP contribution in [0.5, 0.6) is 0 Å². The summed E-state index contributed by atoms with van der Waals surface area (Å²) in [7, 11) is 0. The van der Waals surface area contributed by atoms with E-state index < -0.39 is 5.60 Å². The molecule has 0 aliphatic carbocycles. The number of ether oxygens (including phenoxy) is 1. The molecule has 5 heteroatoms. The Bertz CT molecular complexity index is 273. The Morgan fingerprint density at radius 1 is 1.53 bits per heavy atom. The summed E-state index contributed by atoms with van der Waals surface area (Å²) in [6.45, 7) is 6.31. The molecule has 1 fully saturated rings. The summed E-state index contributed by atoms with van der Waals surface area (Å²) in [5, 5.41) is 0.281. The van der Waals surface area contributed by atoms with Crippen molar-refractivity contribution in [1.29, 1.82) is 0 Å². The third-order valence-electron chi connectivity index (χ3n) is 2.21. The Morgan fingerprint density at radius 2 is 2.13 bits per heavy atom. The number of likely N-dealkylation sites (tertiary alicyclic amines) is 1. The molecule has 1 unspecified atom stereocenters. The third-order valence-corrected chi connectivity index (χ3v) is 2.45. The van der Waals surface area contributed by atoms with Gasteiger partial charge < -0.3 is 15.4 Å². The van der Waals surface area contributed by atoms with Crippen LogP contribution in [0.3, 0.4) is 0 Å². The zero-order chi connectivity index (χ0) is 11.6. The highest BCUT2D eigenvalue weighted by molar-refractivity contribution is 7.80. The molecule has 0 saturated carbocycles. The Kier molecular flexibility index (Phi) is 3.54. The summed E-state index contributed by atoms with van der Waals surface area (Å²) in [5.41, 5.74) is 5.08. The third kappa shape index (κ3) is 3.34. The van der Waals surface area contributed by atoms with Gasteiger partial charge in [0.05, 0.1) is 0 Å². The average molecular weight is 230 g/mol. The molecule has 2 N–H and O–H groups in total. The van der Waals surface area contributed by atoms with Crippen molar-refractivity contribution in [2.75, 3.05) is 6.54 Å². The van der Waals surface area contributed by atoms with Gasteiger partial charge in [-0.15, -0.1) is 0 Å². The normalized spacial score (nSPS) is 21.5. The monoisotopic (exact) mass is 230 g/mol. The first kappa shape index (κ1) is 12.2. The molecule has 0 radical (unpaired) electrons. The Morgan fingerprint density at radius 3 is 2.60 bits per heavy atom. The van der Waals surface area contributed by atoms with E-state index in [1.807, 2.05) is 20.8 Å². The summed E-state index contributed by atoms with van der Waals surface area (Å²) in [5.74, 6) is -0.229. The fraction of sp³-hybridized carbons (Fsp3) is 0.800. The van der Waals surface area contributed by atoms with Crippen molar-refractivity contribution < 1.29 is 9.53 Å². The summed E-state index contributed by atoms with van der Waals surface area (Å²) in [6.07, 6.45) is 1.70. The molecule has 1 aliphatic rings. The maximum Gasteiger partial charge on any atom is 0.329 e. The average Bonchev–Trinajstić information content (AvgIpc) is 2.47. The Hall–Kier alpha value is -0.840. The molecule has 0 aromatic carbocycles. The van der Waals surface area contributed by atoms with Crippen LogP contribution in [-0.4, -0.2) is 34.2 Å². The van der Waals surface area contributed by atoms with Gasteiger partial charge >= 0.3 is 5.97 Å². The van der Waals surface area contributed by atoms with E-state index >= 15 is 0 Å². The van der Waals surface area contributed by atoms with Crippen LogP contribution in [0, 0.1) is 0 Å². The van der Waals surface area contributed by atoms with Gasteiger partial charge in [0.15, 0.2) is 5.11 Å². The van der Waals surface area contributed by atoms with Gasteiger partial charge in [-0.25, -0.2) is 4.79 Å². The molecule has 1 aliphatic heterocycles. The lowest BCUT2D eigenvalue weighted by molar-refractivity contribution is -0.159. The number of carbonyl (C=O) groups excluding carboxylic acids is 1. The van der Waals surface area contributed by atoms with E-state index in [-0.39, 0.29) is 17.1 Å². The molecular weight excluding hydrogens is 212 g/mol. The lowest BCUT2D eigenvalue weighted by Crippen LogP contribution is -2.45. The minimum Gasteiger partial charge on any atom is -0.458 e. The summed E-state index contributed by atoms with van der Waals surface area (Å²) in [6, 6.07) is -0.290. The molecule has 0 amide bonds. The molecule has 1 saturated heterocycles. The molecule has 0 aromatic rings. The van der Waals surface area contributed by atoms with E-state index in [9.17, 15) is 4.79 Å². The zero-order valence-corrected chi connectivity index (χ0v) is 10.3. The number of esters is 1. The molecule has 1 atom stereocenters. The van der Waals surface area contributed by atoms with Crippen LogP contribution in [0.1, 0.15) is 33.6 Å². The fourth-order valence-corrected chi connectivity index (χ4v) is 1.86. The first-order valence-corrected chi connectivity index (χ1v) is 5.51. The van der Waals surface area contributed by atoms with E-state index in [0.717, 1.165) is 19.4 Å². The van der Waals surface area contributed by atoms with Crippen LogP contribution < -0.4 is 5.73 Å². The summed E-state index contributed by atoms with van der Waals surface area (Å²) >= 11 is 4.89. The maximum absolute atomic E-state index is 11.8. The highest BCUT2D eigenvalue weighted by Gasteiger charge is 2.34. The number of nitrogens with zero attached hydrogens (tertiary/aromatic N) is 1. The van der Waals surface area contributed by atoms with E-state index in [2.05, 4.69) is 0 Å². The van der Waals surface area contributed by atoms with Gasteiger partial charge in [-0.1, -0.05) is 0 Å². The second kappa shape index (κ2) is 4.35. The minimum atomic E-state index is -0.457. The predicted molar refractivity (Wildman–Crippen MR) is 62.4 cm³/mol. The van der Waals surface area contributed by atoms with Crippen molar-refractivity contribution in [2.24, 2.45) is 5.73 Å². The van der Waals surface area contributed by atoms with Crippen molar-refractivity contribution in [3.8, 4) is 0 Å². The number of carbonyl (C=O) groups is 1. The van der Waals surface area contributed by atoms with Gasteiger partial charge in [0.25, 0.3) is 0 Å². The Balaban J connectivity index is 2.63. The lowest BCUT2D eigenvalue weighted by Gasteiger charge is -2.27. The van der Waals surface area contributed by atoms with Crippen LogP contribution in [0.25, 0.3) is 0 Å². The van der Waals surface area contributed by atoms with Crippen LogP contribution in [0.4, 0.5) is 0 Å². The minimum absolute atomic E-state index is 0.229. The van der Waals surface area contributed by atoms with Crippen LogP contribution in [-0.2, 0) is 9.53 Å². The summed E-state index contributed by atoms with van der Waals surface area (Å²) in [4.78, 5) is 13.5. The van der Waals surface area contributed by atoms with Gasteiger partial charge in [0, 0.05) is 6.54 Å². The highest BCUT2D eigenvalue weighted by atomic mass is 32.1. The lowest BCUT2D eigenvalue weighted by atomic mass is 10.1. The second-order valence-corrected chi connectivity index (χ2v) is 5.14.